The Morgan fingerprint density at radius 3 is 2.72 bits per heavy atom. The second-order valence-electron chi connectivity index (χ2n) is 3.94. The van der Waals surface area contributed by atoms with Crippen LogP contribution in [0, 0.1) is 6.92 Å². The van der Waals surface area contributed by atoms with Crippen LogP contribution in [0.4, 0.5) is 0 Å². The fourth-order valence-corrected chi connectivity index (χ4v) is 4.07. The molecular weight excluding hydrogens is 274 g/mol. The molecule has 2 heterocycles. The zero-order chi connectivity index (χ0) is 13.3. The predicted molar refractivity (Wildman–Crippen MR) is 66.9 cm³/mol. The first-order chi connectivity index (χ1) is 8.42. The van der Waals surface area contributed by atoms with Gasteiger partial charge in [-0.05, 0) is 6.92 Å². The first kappa shape index (κ1) is 13.2. The summed E-state index contributed by atoms with van der Waals surface area (Å²) in [5, 5.41) is 14.5. The molecule has 0 aliphatic rings. The standard InChI is InChI=1S/C10H13N3O3S2/c1-7-8(3-13(2)12-7)6-18(15,16)10-11-9(4-14)5-17-10/h3,5,14H,4,6H2,1-2H3. The minimum Gasteiger partial charge on any atom is -0.390 e. The molecule has 0 aliphatic heterocycles. The average Bonchev–Trinajstić information content (AvgIpc) is 2.86. The lowest BCUT2D eigenvalue weighted by Gasteiger charge is -1.99. The average molecular weight is 287 g/mol. The summed E-state index contributed by atoms with van der Waals surface area (Å²) in [5.41, 5.74) is 1.74. The molecule has 0 aliphatic carbocycles. The second kappa shape index (κ2) is 4.79. The van der Waals surface area contributed by atoms with Crippen molar-refractivity contribution in [2.45, 2.75) is 23.6 Å². The van der Waals surface area contributed by atoms with E-state index >= 15 is 0 Å². The summed E-state index contributed by atoms with van der Waals surface area (Å²) in [6.07, 6.45) is 1.69. The number of aliphatic hydroxyl groups excluding tert-OH is 1. The number of aliphatic hydroxyl groups is 1. The number of rotatable bonds is 4. The molecule has 0 amide bonds. The third-order valence-electron chi connectivity index (χ3n) is 2.42. The van der Waals surface area contributed by atoms with Crippen LogP contribution < -0.4 is 0 Å². The predicted octanol–water partition coefficient (Wildman–Crippen LogP) is 0.651. The molecule has 98 valence electrons. The summed E-state index contributed by atoms with van der Waals surface area (Å²) in [6, 6.07) is 0. The van der Waals surface area contributed by atoms with Crippen molar-refractivity contribution in [1.82, 2.24) is 14.8 Å². The minimum absolute atomic E-state index is 0.0369. The van der Waals surface area contributed by atoms with E-state index in [9.17, 15) is 8.42 Å². The van der Waals surface area contributed by atoms with E-state index in [0.717, 1.165) is 11.3 Å². The van der Waals surface area contributed by atoms with Gasteiger partial charge in [0.1, 0.15) is 0 Å². The molecule has 2 aromatic heterocycles. The molecule has 0 atom stereocenters. The number of sulfone groups is 1. The molecule has 2 rings (SSSR count). The van der Waals surface area contributed by atoms with Crippen molar-refractivity contribution in [2.24, 2.45) is 7.05 Å². The van der Waals surface area contributed by atoms with Crippen LogP contribution in [0.2, 0.25) is 0 Å². The van der Waals surface area contributed by atoms with Crippen molar-refractivity contribution < 1.29 is 13.5 Å². The van der Waals surface area contributed by atoms with Gasteiger partial charge in [0.15, 0.2) is 0 Å². The molecule has 6 nitrogen and oxygen atoms in total. The molecule has 0 unspecified atom stereocenters. The lowest BCUT2D eigenvalue weighted by Crippen LogP contribution is -2.05. The third kappa shape index (κ3) is 2.60. The zero-order valence-corrected chi connectivity index (χ0v) is 11.6. The molecule has 0 saturated heterocycles. The fraction of sp³-hybridized carbons (Fsp3) is 0.400. The Morgan fingerprint density at radius 2 is 2.22 bits per heavy atom. The van der Waals surface area contributed by atoms with Crippen LogP contribution in [-0.2, 0) is 29.2 Å². The van der Waals surface area contributed by atoms with Gasteiger partial charge in [-0.25, -0.2) is 13.4 Å². The first-order valence-corrected chi connectivity index (χ1v) is 7.72. The highest BCUT2D eigenvalue weighted by molar-refractivity contribution is 7.92. The van der Waals surface area contributed by atoms with Crippen LogP contribution in [0.5, 0.6) is 0 Å². The third-order valence-corrected chi connectivity index (χ3v) is 5.47. The lowest BCUT2D eigenvalue weighted by atomic mass is 10.3. The van der Waals surface area contributed by atoms with E-state index in [1.807, 2.05) is 0 Å². The molecule has 0 bridgehead atoms. The largest absolute Gasteiger partial charge is 0.390 e. The van der Waals surface area contributed by atoms with E-state index in [1.165, 1.54) is 0 Å². The summed E-state index contributed by atoms with van der Waals surface area (Å²) in [6.45, 7) is 1.52. The Kier molecular flexibility index (Phi) is 3.51. The summed E-state index contributed by atoms with van der Waals surface area (Å²) >= 11 is 1.03. The van der Waals surface area contributed by atoms with Gasteiger partial charge in [0.05, 0.1) is 23.7 Å². The maximum atomic E-state index is 12.1. The highest BCUT2D eigenvalue weighted by atomic mass is 32.2. The van der Waals surface area contributed by atoms with Gasteiger partial charge in [-0.15, -0.1) is 11.3 Å². The maximum Gasteiger partial charge on any atom is 0.209 e. The number of aryl methyl sites for hydroxylation is 2. The van der Waals surface area contributed by atoms with Gasteiger partial charge in [-0.2, -0.15) is 5.10 Å². The van der Waals surface area contributed by atoms with E-state index in [1.54, 1.807) is 30.2 Å². The Hall–Kier alpha value is -1.25. The van der Waals surface area contributed by atoms with Crippen LogP contribution in [0.3, 0.4) is 0 Å². The molecule has 18 heavy (non-hydrogen) atoms. The normalized spacial score (nSPS) is 11.9. The van der Waals surface area contributed by atoms with Crippen LogP contribution in [0.1, 0.15) is 17.0 Å². The summed E-state index contributed by atoms with van der Waals surface area (Å²) < 4.78 is 25.9. The highest BCUT2D eigenvalue weighted by Gasteiger charge is 2.21. The number of hydrogen-bond donors (Lipinski definition) is 1. The van der Waals surface area contributed by atoms with Gasteiger partial charge < -0.3 is 5.11 Å². The minimum atomic E-state index is -3.47. The van der Waals surface area contributed by atoms with Crippen molar-refractivity contribution in [1.29, 1.82) is 0 Å². The van der Waals surface area contributed by atoms with Gasteiger partial charge in [0.2, 0.25) is 14.2 Å². The highest BCUT2D eigenvalue weighted by Crippen LogP contribution is 2.21. The Morgan fingerprint density at radius 1 is 1.50 bits per heavy atom. The SMILES string of the molecule is Cc1nn(C)cc1CS(=O)(=O)c1nc(CO)cs1. The molecule has 0 spiro atoms. The molecule has 8 heteroatoms. The summed E-state index contributed by atoms with van der Waals surface area (Å²) in [5.74, 6) is -0.120. The van der Waals surface area contributed by atoms with E-state index in [2.05, 4.69) is 10.1 Å². The maximum absolute atomic E-state index is 12.1. The monoisotopic (exact) mass is 287 g/mol. The topological polar surface area (TPSA) is 85.1 Å². The molecular formula is C10H13N3O3S2. The molecule has 2 aromatic rings. The smallest absolute Gasteiger partial charge is 0.209 e. The van der Waals surface area contributed by atoms with Crippen molar-refractivity contribution in [3.05, 3.63) is 28.5 Å². The van der Waals surface area contributed by atoms with Crippen molar-refractivity contribution in [3.8, 4) is 0 Å². The van der Waals surface area contributed by atoms with Gasteiger partial charge in [0.25, 0.3) is 0 Å². The van der Waals surface area contributed by atoms with E-state index in [0.29, 0.717) is 17.0 Å². The fourth-order valence-electron chi connectivity index (χ4n) is 1.56. The van der Waals surface area contributed by atoms with Gasteiger partial charge in [0, 0.05) is 24.2 Å². The second-order valence-corrected chi connectivity index (χ2v) is 6.96. The number of nitrogens with zero attached hydrogens (tertiary/aromatic N) is 3. The van der Waals surface area contributed by atoms with Gasteiger partial charge in [-0.1, -0.05) is 0 Å². The van der Waals surface area contributed by atoms with Gasteiger partial charge >= 0.3 is 0 Å². The van der Waals surface area contributed by atoms with Crippen LogP contribution in [0.15, 0.2) is 15.9 Å². The molecule has 0 radical (unpaired) electrons. The Bertz CT molecular complexity index is 658. The van der Waals surface area contributed by atoms with Crippen LogP contribution in [-0.4, -0.2) is 28.3 Å². The van der Waals surface area contributed by atoms with Crippen LogP contribution in [0.25, 0.3) is 0 Å². The Balaban J connectivity index is 2.29. The molecule has 0 saturated carbocycles. The van der Waals surface area contributed by atoms with Crippen LogP contribution >= 0.6 is 11.3 Å². The van der Waals surface area contributed by atoms with Crippen molar-refractivity contribution in [3.63, 3.8) is 0 Å². The number of hydrogen-bond acceptors (Lipinski definition) is 6. The van der Waals surface area contributed by atoms with Gasteiger partial charge in [-0.3, -0.25) is 4.68 Å². The van der Waals surface area contributed by atoms with Crippen molar-refractivity contribution in [2.75, 3.05) is 0 Å². The lowest BCUT2D eigenvalue weighted by molar-refractivity contribution is 0.277. The summed E-state index contributed by atoms with van der Waals surface area (Å²) in [7, 11) is -1.72. The molecule has 0 aromatic carbocycles. The summed E-state index contributed by atoms with van der Waals surface area (Å²) in [4.78, 5) is 3.89. The number of thiazole rings is 1. The zero-order valence-electron chi connectivity index (χ0n) is 9.99. The molecule has 0 fully saturated rings. The van der Waals surface area contributed by atoms with E-state index < -0.39 is 9.84 Å². The van der Waals surface area contributed by atoms with E-state index in [-0.39, 0.29) is 16.7 Å². The first-order valence-electron chi connectivity index (χ1n) is 5.19. The van der Waals surface area contributed by atoms with E-state index in [4.69, 9.17) is 5.11 Å². The van der Waals surface area contributed by atoms with Crippen molar-refractivity contribution >= 4 is 21.2 Å². The Labute approximate surface area is 109 Å². The number of aromatic nitrogens is 3. The molecule has 1 N–H and O–H groups in total. The quantitative estimate of drug-likeness (QED) is 0.892.